The van der Waals surface area contributed by atoms with E-state index in [1.54, 1.807) is 0 Å². The summed E-state index contributed by atoms with van der Waals surface area (Å²) in [6.07, 6.45) is 4.63. The number of esters is 1. The minimum atomic E-state index is -0.121. The van der Waals surface area contributed by atoms with Crippen LogP contribution in [0.25, 0.3) is 0 Å². The van der Waals surface area contributed by atoms with Gasteiger partial charge in [0.15, 0.2) is 0 Å². The van der Waals surface area contributed by atoms with E-state index in [9.17, 15) is 4.79 Å². The van der Waals surface area contributed by atoms with Crippen LogP contribution in [0.1, 0.15) is 32.1 Å². The van der Waals surface area contributed by atoms with Crippen molar-refractivity contribution < 1.29 is 14.3 Å². The third kappa shape index (κ3) is 9.48. The first-order valence-corrected chi connectivity index (χ1v) is 5.16. The van der Waals surface area contributed by atoms with Gasteiger partial charge in [-0.15, -0.1) is 0 Å². The van der Waals surface area contributed by atoms with Gasteiger partial charge in [0.05, 0.1) is 13.7 Å². The second kappa shape index (κ2) is 10.5. The van der Waals surface area contributed by atoms with E-state index >= 15 is 0 Å². The SMILES string of the molecule is COC(=O)CCCCCCOCCN. The first-order valence-electron chi connectivity index (χ1n) is 5.16. The Morgan fingerprint density at radius 2 is 1.86 bits per heavy atom. The number of ether oxygens (including phenoxy) is 2. The van der Waals surface area contributed by atoms with Crippen molar-refractivity contribution in [2.24, 2.45) is 5.73 Å². The van der Waals surface area contributed by atoms with Crippen molar-refractivity contribution in [3.8, 4) is 0 Å². The zero-order valence-corrected chi connectivity index (χ0v) is 8.96. The van der Waals surface area contributed by atoms with Crippen LogP contribution >= 0.6 is 0 Å². The molecule has 0 saturated heterocycles. The zero-order chi connectivity index (χ0) is 10.6. The Bertz CT molecular complexity index is 139. The molecule has 0 rings (SSSR count). The number of methoxy groups -OCH3 is 1. The molecule has 2 N–H and O–H groups in total. The molecule has 0 aromatic heterocycles. The maximum atomic E-state index is 10.7. The number of unbranched alkanes of at least 4 members (excludes halogenated alkanes) is 3. The fourth-order valence-electron chi connectivity index (χ4n) is 1.11. The van der Waals surface area contributed by atoms with Gasteiger partial charge in [-0.05, 0) is 12.8 Å². The van der Waals surface area contributed by atoms with Crippen LogP contribution in [0.2, 0.25) is 0 Å². The lowest BCUT2D eigenvalue weighted by Gasteiger charge is -2.02. The van der Waals surface area contributed by atoms with E-state index in [2.05, 4.69) is 4.74 Å². The van der Waals surface area contributed by atoms with Gasteiger partial charge >= 0.3 is 5.97 Å². The van der Waals surface area contributed by atoms with Gasteiger partial charge in [0.2, 0.25) is 0 Å². The normalized spacial score (nSPS) is 10.1. The Balaban J connectivity index is 2.95. The van der Waals surface area contributed by atoms with Crippen LogP contribution in [-0.4, -0.2) is 32.8 Å². The minimum Gasteiger partial charge on any atom is -0.469 e. The molecule has 0 unspecified atom stereocenters. The van der Waals surface area contributed by atoms with Crippen molar-refractivity contribution in [1.29, 1.82) is 0 Å². The van der Waals surface area contributed by atoms with E-state index in [-0.39, 0.29) is 5.97 Å². The summed E-state index contributed by atoms with van der Waals surface area (Å²) in [4.78, 5) is 10.7. The molecule has 0 fully saturated rings. The average molecular weight is 203 g/mol. The predicted octanol–water partition coefficient (Wildman–Crippen LogP) is 1.09. The average Bonchev–Trinajstić information content (AvgIpc) is 2.21. The van der Waals surface area contributed by atoms with Gasteiger partial charge in [0.1, 0.15) is 0 Å². The van der Waals surface area contributed by atoms with E-state index in [1.807, 2.05) is 0 Å². The molecule has 0 amide bonds. The van der Waals surface area contributed by atoms with Crippen LogP contribution < -0.4 is 5.73 Å². The van der Waals surface area contributed by atoms with E-state index in [1.165, 1.54) is 7.11 Å². The molecule has 0 radical (unpaired) electrons. The summed E-state index contributed by atoms with van der Waals surface area (Å²) in [5.74, 6) is -0.121. The summed E-state index contributed by atoms with van der Waals surface area (Å²) < 4.78 is 9.75. The van der Waals surface area contributed by atoms with Crippen LogP contribution in [-0.2, 0) is 14.3 Å². The molecule has 0 atom stereocenters. The number of carbonyl (C=O) groups excluding carboxylic acids is 1. The van der Waals surface area contributed by atoms with E-state index in [0.717, 1.165) is 32.3 Å². The summed E-state index contributed by atoms with van der Waals surface area (Å²) >= 11 is 0. The molecule has 84 valence electrons. The Morgan fingerprint density at radius 3 is 2.50 bits per heavy atom. The molecular weight excluding hydrogens is 182 g/mol. The highest BCUT2D eigenvalue weighted by Gasteiger charge is 1.98. The van der Waals surface area contributed by atoms with Gasteiger partial charge in [-0.25, -0.2) is 0 Å². The first kappa shape index (κ1) is 13.4. The summed E-state index contributed by atoms with van der Waals surface area (Å²) in [5, 5.41) is 0. The molecule has 0 aliphatic heterocycles. The van der Waals surface area contributed by atoms with Crippen molar-refractivity contribution in [2.75, 3.05) is 26.9 Å². The molecule has 0 aromatic rings. The second-order valence-electron chi connectivity index (χ2n) is 3.14. The fraction of sp³-hybridized carbons (Fsp3) is 0.900. The van der Waals surface area contributed by atoms with Gasteiger partial charge in [-0.1, -0.05) is 12.8 Å². The Hall–Kier alpha value is -0.610. The number of hydrogen-bond acceptors (Lipinski definition) is 4. The Morgan fingerprint density at radius 1 is 1.14 bits per heavy atom. The summed E-state index contributed by atoms with van der Waals surface area (Å²) in [6.45, 7) is 2.00. The smallest absolute Gasteiger partial charge is 0.305 e. The highest BCUT2D eigenvalue weighted by atomic mass is 16.5. The van der Waals surface area contributed by atoms with Crippen LogP contribution in [0, 0.1) is 0 Å². The molecule has 4 heteroatoms. The fourth-order valence-corrected chi connectivity index (χ4v) is 1.11. The van der Waals surface area contributed by atoms with E-state index in [0.29, 0.717) is 19.6 Å². The molecule has 0 aromatic carbocycles. The van der Waals surface area contributed by atoms with Gasteiger partial charge in [0.25, 0.3) is 0 Å². The third-order valence-electron chi connectivity index (χ3n) is 1.91. The Labute approximate surface area is 85.8 Å². The summed E-state index contributed by atoms with van der Waals surface area (Å²) in [5.41, 5.74) is 5.26. The standard InChI is InChI=1S/C10H21NO3/c1-13-10(12)6-4-2-3-5-8-14-9-7-11/h2-9,11H2,1H3. The third-order valence-corrected chi connectivity index (χ3v) is 1.91. The molecule has 0 saturated carbocycles. The van der Waals surface area contributed by atoms with Crippen molar-refractivity contribution in [1.82, 2.24) is 0 Å². The van der Waals surface area contributed by atoms with E-state index < -0.39 is 0 Å². The summed E-state index contributed by atoms with van der Waals surface area (Å²) in [6, 6.07) is 0. The molecule has 0 bridgehead atoms. The number of nitrogens with two attached hydrogens (primary N) is 1. The molecule has 14 heavy (non-hydrogen) atoms. The number of hydrogen-bond donors (Lipinski definition) is 1. The van der Waals surface area contributed by atoms with Crippen molar-refractivity contribution in [2.45, 2.75) is 32.1 Å². The van der Waals surface area contributed by atoms with Gasteiger partial charge in [0, 0.05) is 19.6 Å². The zero-order valence-electron chi connectivity index (χ0n) is 8.96. The van der Waals surface area contributed by atoms with Crippen LogP contribution in [0.3, 0.4) is 0 Å². The number of rotatable bonds is 9. The van der Waals surface area contributed by atoms with E-state index in [4.69, 9.17) is 10.5 Å². The predicted molar refractivity (Wildman–Crippen MR) is 55.0 cm³/mol. The second-order valence-corrected chi connectivity index (χ2v) is 3.14. The molecule has 0 aliphatic carbocycles. The van der Waals surface area contributed by atoms with Gasteiger partial charge < -0.3 is 15.2 Å². The lowest BCUT2D eigenvalue weighted by atomic mass is 10.1. The molecule has 0 heterocycles. The lowest BCUT2D eigenvalue weighted by Crippen LogP contribution is -2.08. The monoisotopic (exact) mass is 203 g/mol. The van der Waals surface area contributed by atoms with Crippen molar-refractivity contribution in [3.63, 3.8) is 0 Å². The molecular formula is C10H21NO3. The highest BCUT2D eigenvalue weighted by molar-refractivity contribution is 5.68. The Kier molecular flexibility index (Phi) is 10.0. The maximum Gasteiger partial charge on any atom is 0.305 e. The molecule has 0 spiro atoms. The largest absolute Gasteiger partial charge is 0.469 e. The van der Waals surface area contributed by atoms with Gasteiger partial charge in [-0.2, -0.15) is 0 Å². The minimum absolute atomic E-state index is 0.121. The molecule has 4 nitrogen and oxygen atoms in total. The summed E-state index contributed by atoms with van der Waals surface area (Å²) in [7, 11) is 1.42. The van der Waals surface area contributed by atoms with Crippen molar-refractivity contribution in [3.05, 3.63) is 0 Å². The molecule has 0 aliphatic rings. The van der Waals surface area contributed by atoms with Crippen LogP contribution in [0.5, 0.6) is 0 Å². The lowest BCUT2D eigenvalue weighted by molar-refractivity contribution is -0.140. The topological polar surface area (TPSA) is 61.5 Å². The number of carbonyl (C=O) groups is 1. The van der Waals surface area contributed by atoms with Crippen LogP contribution in [0.4, 0.5) is 0 Å². The quantitative estimate of drug-likeness (QED) is 0.450. The van der Waals surface area contributed by atoms with Crippen molar-refractivity contribution >= 4 is 5.97 Å². The van der Waals surface area contributed by atoms with Gasteiger partial charge in [-0.3, -0.25) is 4.79 Å². The highest BCUT2D eigenvalue weighted by Crippen LogP contribution is 2.03. The maximum absolute atomic E-state index is 10.7. The first-order chi connectivity index (χ1) is 6.81. The van der Waals surface area contributed by atoms with Crippen LogP contribution in [0.15, 0.2) is 0 Å².